The van der Waals surface area contributed by atoms with Crippen molar-refractivity contribution in [1.82, 2.24) is 4.98 Å². The molecule has 0 bridgehead atoms. The first-order valence-corrected chi connectivity index (χ1v) is 8.61. The fourth-order valence-electron chi connectivity index (χ4n) is 2.45. The summed E-state index contributed by atoms with van der Waals surface area (Å²) in [6, 6.07) is 8.57. The molecule has 1 aliphatic rings. The summed E-state index contributed by atoms with van der Waals surface area (Å²) in [5.74, 6) is -0.569. The number of benzene rings is 2. The summed E-state index contributed by atoms with van der Waals surface area (Å²) < 4.78 is 37.6. The van der Waals surface area contributed by atoms with Crippen LogP contribution in [0.3, 0.4) is 0 Å². The molecule has 3 aromatic rings. The van der Waals surface area contributed by atoms with Crippen molar-refractivity contribution in [2.24, 2.45) is 0 Å². The van der Waals surface area contributed by atoms with Crippen LogP contribution >= 0.6 is 0 Å². The lowest BCUT2D eigenvalue weighted by Crippen LogP contribution is -2.25. The van der Waals surface area contributed by atoms with Gasteiger partial charge >= 0.3 is 5.76 Å². The molecule has 0 unspecified atom stereocenters. The Morgan fingerprint density at radius 2 is 1.92 bits per heavy atom. The van der Waals surface area contributed by atoms with E-state index < -0.39 is 15.8 Å². The van der Waals surface area contributed by atoms with Crippen molar-refractivity contribution >= 4 is 38.4 Å². The molecule has 25 heavy (non-hydrogen) atoms. The highest BCUT2D eigenvalue weighted by molar-refractivity contribution is 7.92. The molecule has 1 aliphatic heterocycles. The molecule has 9 nitrogen and oxygen atoms in total. The van der Waals surface area contributed by atoms with Crippen molar-refractivity contribution in [2.75, 3.05) is 16.6 Å². The van der Waals surface area contributed by atoms with Crippen molar-refractivity contribution in [3.8, 4) is 5.75 Å². The van der Waals surface area contributed by atoms with E-state index in [4.69, 9.17) is 9.15 Å². The Kier molecular flexibility index (Phi) is 3.29. The number of hydrogen-bond acceptors (Lipinski definition) is 6. The number of ether oxygens (including phenoxy) is 1. The fraction of sp³-hybridized carbons (Fsp3) is 0.0667. The highest BCUT2D eigenvalue weighted by Crippen LogP contribution is 2.31. The van der Waals surface area contributed by atoms with E-state index in [9.17, 15) is 18.0 Å². The average Bonchev–Trinajstić information content (AvgIpc) is 2.94. The van der Waals surface area contributed by atoms with Crippen LogP contribution in [0.2, 0.25) is 0 Å². The zero-order valence-electron chi connectivity index (χ0n) is 12.5. The van der Waals surface area contributed by atoms with E-state index in [1.807, 2.05) is 0 Å². The third-order valence-electron chi connectivity index (χ3n) is 3.57. The summed E-state index contributed by atoms with van der Waals surface area (Å²) in [5.41, 5.74) is 1.28. The number of aromatic nitrogens is 1. The van der Waals surface area contributed by atoms with Crippen molar-refractivity contribution in [2.45, 2.75) is 4.90 Å². The first-order valence-electron chi connectivity index (χ1n) is 7.13. The minimum atomic E-state index is -3.90. The van der Waals surface area contributed by atoms with Gasteiger partial charge < -0.3 is 14.5 Å². The van der Waals surface area contributed by atoms with Gasteiger partial charge in [0, 0.05) is 12.1 Å². The molecule has 0 aliphatic carbocycles. The van der Waals surface area contributed by atoms with Gasteiger partial charge in [0.25, 0.3) is 15.9 Å². The monoisotopic (exact) mass is 361 g/mol. The SMILES string of the molecule is O=C1COc2cc(NS(=O)(=O)c3ccc4[nH]c(=O)oc4c3)ccc2N1. The van der Waals surface area contributed by atoms with Gasteiger partial charge in [0.05, 0.1) is 21.8 Å². The third-order valence-corrected chi connectivity index (χ3v) is 4.95. The normalized spacial score (nSPS) is 13.8. The van der Waals surface area contributed by atoms with Gasteiger partial charge in [-0.05, 0) is 24.3 Å². The number of amides is 1. The standard InChI is InChI=1S/C15H11N3O6S/c19-14-7-23-12-5-8(1-3-10(12)16-14)18-25(21,22)9-2-4-11-13(6-9)24-15(20)17-11/h1-6,18H,7H2,(H,16,19)(H,17,20). The number of nitrogens with one attached hydrogen (secondary N) is 3. The summed E-state index contributed by atoms with van der Waals surface area (Å²) >= 11 is 0. The minimum absolute atomic E-state index is 0.0605. The van der Waals surface area contributed by atoms with Gasteiger partial charge in [-0.2, -0.15) is 0 Å². The molecule has 2 aromatic carbocycles. The Bertz CT molecular complexity index is 1160. The molecular formula is C15H11N3O6S. The topological polar surface area (TPSA) is 130 Å². The van der Waals surface area contributed by atoms with Crippen LogP contribution in [0.25, 0.3) is 11.1 Å². The van der Waals surface area contributed by atoms with Gasteiger partial charge in [0.15, 0.2) is 12.2 Å². The van der Waals surface area contributed by atoms with Gasteiger partial charge in [-0.1, -0.05) is 0 Å². The number of carbonyl (C=O) groups excluding carboxylic acids is 1. The van der Waals surface area contributed by atoms with E-state index >= 15 is 0 Å². The lowest BCUT2D eigenvalue weighted by Gasteiger charge is -2.18. The number of hydrogen-bond donors (Lipinski definition) is 3. The highest BCUT2D eigenvalue weighted by atomic mass is 32.2. The van der Waals surface area contributed by atoms with Crippen LogP contribution in [-0.4, -0.2) is 25.9 Å². The van der Waals surface area contributed by atoms with Crippen LogP contribution in [0.15, 0.2) is 50.5 Å². The summed E-state index contributed by atoms with van der Waals surface area (Å²) in [4.78, 5) is 24.8. The van der Waals surface area contributed by atoms with Gasteiger partial charge in [-0.25, -0.2) is 13.2 Å². The molecule has 128 valence electrons. The van der Waals surface area contributed by atoms with Crippen molar-refractivity contribution < 1.29 is 22.4 Å². The predicted molar refractivity (Wildman–Crippen MR) is 88.2 cm³/mol. The van der Waals surface area contributed by atoms with Crippen LogP contribution in [-0.2, 0) is 14.8 Å². The third kappa shape index (κ3) is 2.83. The molecule has 2 heterocycles. The van der Waals surface area contributed by atoms with E-state index in [1.165, 1.54) is 30.3 Å². The van der Waals surface area contributed by atoms with Crippen LogP contribution < -0.4 is 20.5 Å². The fourth-order valence-corrected chi connectivity index (χ4v) is 3.51. The van der Waals surface area contributed by atoms with Crippen LogP contribution in [0.5, 0.6) is 5.75 Å². The zero-order chi connectivity index (χ0) is 17.6. The quantitative estimate of drug-likeness (QED) is 0.644. The Balaban J connectivity index is 1.66. The smallest absolute Gasteiger partial charge is 0.417 e. The van der Waals surface area contributed by atoms with Gasteiger partial charge in [0.2, 0.25) is 0 Å². The Labute approximate surface area is 140 Å². The molecule has 0 atom stereocenters. The molecule has 0 radical (unpaired) electrons. The second-order valence-corrected chi connectivity index (χ2v) is 7.01. The molecule has 10 heteroatoms. The van der Waals surface area contributed by atoms with E-state index in [-0.39, 0.29) is 28.7 Å². The number of sulfonamides is 1. The summed E-state index contributed by atoms with van der Waals surface area (Å²) in [6.45, 7) is -0.133. The van der Waals surface area contributed by atoms with E-state index in [1.54, 1.807) is 6.07 Å². The lowest BCUT2D eigenvalue weighted by molar-refractivity contribution is -0.118. The molecule has 4 rings (SSSR count). The molecule has 0 saturated carbocycles. The maximum absolute atomic E-state index is 12.5. The average molecular weight is 361 g/mol. The first-order chi connectivity index (χ1) is 11.9. The zero-order valence-corrected chi connectivity index (χ0v) is 13.3. The number of aromatic amines is 1. The molecule has 0 spiro atoms. The minimum Gasteiger partial charge on any atom is -0.482 e. The highest BCUT2D eigenvalue weighted by Gasteiger charge is 2.19. The lowest BCUT2D eigenvalue weighted by atomic mass is 10.2. The van der Waals surface area contributed by atoms with E-state index in [0.29, 0.717) is 17.0 Å². The Morgan fingerprint density at radius 3 is 2.76 bits per heavy atom. The van der Waals surface area contributed by atoms with Gasteiger partial charge in [-0.15, -0.1) is 0 Å². The van der Waals surface area contributed by atoms with Crippen molar-refractivity contribution in [3.63, 3.8) is 0 Å². The first kappa shape index (κ1) is 15.3. The molecule has 1 aromatic heterocycles. The summed E-state index contributed by atoms with van der Waals surface area (Å²) in [5, 5.41) is 2.62. The second-order valence-electron chi connectivity index (χ2n) is 5.33. The van der Waals surface area contributed by atoms with Crippen molar-refractivity contribution in [3.05, 3.63) is 46.9 Å². The molecular weight excluding hydrogens is 350 g/mol. The van der Waals surface area contributed by atoms with Crippen molar-refractivity contribution in [1.29, 1.82) is 0 Å². The number of rotatable bonds is 3. The molecule has 1 amide bonds. The Hall–Kier alpha value is -3.27. The van der Waals surface area contributed by atoms with Gasteiger partial charge in [-0.3, -0.25) is 14.5 Å². The summed E-state index contributed by atoms with van der Waals surface area (Å²) in [7, 11) is -3.90. The molecule has 3 N–H and O–H groups in total. The maximum Gasteiger partial charge on any atom is 0.417 e. The van der Waals surface area contributed by atoms with E-state index in [0.717, 1.165) is 0 Å². The number of fused-ring (bicyclic) bond motifs is 2. The number of anilines is 2. The van der Waals surface area contributed by atoms with Crippen LogP contribution in [0.1, 0.15) is 0 Å². The predicted octanol–water partition coefficient (Wildman–Crippen LogP) is 1.25. The Morgan fingerprint density at radius 1 is 1.08 bits per heavy atom. The largest absolute Gasteiger partial charge is 0.482 e. The second kappa shape index (κ2) is 5.38. The number of carbonyl (C=O) groups is 1. The molecule has 0 saturated heterocycles. The molecule has 0 fully saturated rings. The van der Waals surface area contributed by atoms with E-state index in [2.05, 4.69) is 15.0 Å². The van der Waals surface area contributed by atoms with Crippen LogP contribution in [0.4, 0.5) is 11.4 Å². The van der Waals surface area contributed by atoms with Gasteiger partial charge in [0.1, 0.15) is 5.75 Å². The maximum atomic E-state index is 12.5. The number of oxazole rings is 1. The summed E-state index contributed by atoms with van der Waals surface area (Å²) in [6.07, 6.45) is 0. The number of H-pyrrole nitrogens is 1. The van der Waals surface area contributed by atoms with Crippen LogP contribution in [0, 0.1) is 0 Å².